The van der Waals surface area contributed by atoms with Crippen LogP contribution in [0.15, 0.2) is 48.6 Å². The van der Waals surface area contributed by atoms with Crippen LogP contribution in [0.25, 0.3) is 0 Å². The molecule has 3 unspecified atom stereocenters. The van der Waals surface area contributed by atoms with Gasteiger partial charge in [-0.3, -0.25) is 18.6 Å². The minimum Gasteiger partial charge on any atom is -0.480 e. The number of phosphoric ester groups is 1. The molecule has 11 heteroatoms. The number of carboxylic acids is 1. The zero-order valence-corrected chi connectivity index (χ0v) is 41.3. The van der Waals surface area contributed by atoms with Gasteiger partial charge < -0.3 is 25.2 Å². The quantitative estimate of drug-likeness (QED) is 0.0232. The third-order valence-corrected chi connectivity index (χ3v) is 12.0. The minimum absolute atomic E-state index is 0.0117. The molecule has 0 rings (SSSR count). The summed E-state index contributed by atoms with van der Waals surface area (Å²) < 4.78 is 33.5. The molecule has 0 heterocycles. The molecule has 0 saturated carbocycles. The predicted octanol–water partition coefficient (Wildman–Crippen LogP) is 15.0. The van der Waals surface area contributed by atoms with Gasteiger partial charge in [0, 0.05) is 13.0 Å². The Hall–Kier alpha value is -2.07. The van der Waals surface area contributed by atoms with E-state index in [-0.39, 0.29) is 13.0 Å². The normalized spacial score (nSPS) is 14.1. The zero-order valence-electron chi connectivity index (χ0n) is 40.4. The Bertz CT molecular complexity index is 1190. The number of allylic oxidation sites excluding steroid dienone is 8. The number of carbonyl (C=O) groups is 2. The van der Waals surface area contributed by atoms with Crippen molar-refractivity contribution < 1.29 is 42.7 Å². The summed E-state index contributed by atoms with van der Waals surface area (Å²) in [5.41, 5.74) is 5.37. The predicted molar refractivity (Wildman–Crippen MR) is 263 cm³/mol. The molecule has 0 aromatic carbocycles. The molecule has 0 aliphatic heterocycles. The smallest absolute Gasteiger partial charge is 0.472 e. The highest BCUT2D eigenvalue weighted by Crippen LogP contribution is 2.43. The van der Waals surface area contributed by atoms with E-state index in [4.69, 9.17) is 29.4 Å². The molecule has 0 aliphatic rings. The summed E-state index contributed by atoms with van der Waals surface area (Å²) in [4.78, 5) is 33.7. The summed E-state index contributed by atoms with van der Waals surface area (Å²) in [5, 5.41) is 8.93. The molecule has 0 aliphatic carbocycles. The average Bonchev–Trinajstić information content (AvgIpc) is 3.26. The maximum absolute atomic E-state index is 12.7. The molecule has 0 amide bonds. The number of phosphoric acid groups is 1. The fourth-order valence-electron chi connectivity index (χ4n) is 7.08. The highest BCUT2D eigenvalue weighted by Gasteiger charge is 2.27. The van der Waals surface area contributed by atoms with Crippen LogP contribution in [0.1, 0.15) is 232 Å². The van der Waals surface area contributed by atoms with Crippen LogP contribution in [-0.2, 0) is 32.7 Å². The maximum Gasteiger partial charge on any atom is 0.472 e. The van der Waals surface area contributed by atoms with Gasteiger partial charge >= 0.3 is 19.8 Å². The topological polar surface area (TPSA) is 155 Å². The van der Waals surface area contributed by atoms with Crippen LogP contribution in [0.3, 0.4) is 0 Å². The summed E-state index contributed by atoms with van der Waals surface area (Å²) in [6.07, 6.45) is 57.3. The molecule has 0 fully saturated rings. The van der Waals surface area contributed by atoms with Crippen molar-refractivity contribution in [2.24, 2.45) is 5.73 Å². The Morgan fingerprint density at radius 1 is 0.508 bits per heavy atom. The average molecular weight is 910 g/mol. The van der Waals surface area contributed by atoms with E-state index in [0.29, 0.717) is 13.0 Å². The van der Waals surface area contributed by atoms with Crippen LogP contribution in [0.4, 0.5) is 0 Å². The van der Waals surface area contributed by atoms with E-state index in [1.807, 2.05) is 0 Å². The van der Waals surface area contributed by atoms with E-state index in [1.165, 1.54) is 148 Å². The van der Waals surface area contributed by atoms with Gasteiger partial charge in [0.05, 0.1) is 19.8 Å². The number of esters is 1. The van der Waals surface area contributed by atoms with Crippen molar-refractivity contribution in [3.05, 3.63) is 48.6 Å². The first-order chi connectivity index (χ1) is 30.7. The molecule has 10 nitrogen and oxygen atoms in total. The third-order valence-electron chi connectivity index (χ3n) is 11.1. The van der Waals surface area contributed by atoms with Gasteiger partial charge in [0.25, 0.3) is 0 Å². The lowest BCUT2D eigenvalue weighted by Gasteiger charge is -2.20. The van der Waals surface area contributed by atoms with E-state index in [2.05, 4.69) is 62.5 Å². The fraction of sp³-hybridized carbons (Fsp3) is 0.808. The zero-order chi connectivity index (χ0) is 46.2. The van der Waals surface area contributed by atoms with E-state index < -0.39 is 45.1 Å². The summed E-state index contributed by atoms with van der Waals surface area (Å²) in [5.74, 6) is -1.78. The number of nitrogens with two attached hydrogens (primary N) is 1. The molecular formula is C52H96NO9P. The Morgan fingerprint density at radius 2 is 0.873 bits per heavy atom. The van der Waals surface area contributed by atoms with Crippen LogP contribution in [0.5, 0.6) is 0 Å². The highest BCUT2D eigenvalue weighted by atomic mass is 31.2. The molecule has 63 heavy (non-hydrogen) atoms. The summed E-state index contributed by atoms with van der Waals surface area (Å²) in [6.45, 7) is 3.88. The summed E-state index contributed by atoms with van der Waals surface area (Å²) in [6, 6.07) is -1.48. The number of carboxylic acid groups (broad SMARTS) is 1. The molecule has 0 radical (unpaired) electrons. The molecule has 368 valence electrons. The molecule has 0 spiro atoms. The second-order valence-corrected chi connectivity index (χ2v) is 18.7. The number of aliphatic carboxylic acids is 1. The number of carbonyl (C=O) groups excluding carboxylic acids is 1. The standard InChI is InChI=1S/C52H96NO9P/c1-3-5-7-9-11-13-15-17-19-21-23-24-25-26-27-28-30-32-34-36-38-40-42-44-51(54)62-49(47-60-63(57,58)61-48-50(53)52(55)56)46-59-45-43-41-39-37-35-33-31-29-22-20-18-16-14-12-10-8-6-4-2/h15,17-18,20-21,23,25-26,49-50H,3-14,16,19,22,24,27-48,53H2,1-2H3,(H,55,56)(H,57,58)/b17-15-,20-18-,23-21-,26-25-. The number of hydrogen-bond donors (Lipinski definition) is 3. The van der Waals surface area contributed by atoms with E-state index in [0.717, 1.165) is 57.8 Å². The van der Waals surface area contributed by atoms with E-state index in [1.54, 1.807) is 0 Å². The molecule has 0 aromatic heterocycles. The van der Waals surface area contributed by atoms with Gasteiger partial charge in [-0.05, 0) is 77.0 Å². The molecule has 3 atom stereocenters. The Morgan fingerprint density at radius 3 is 1.32 bits per heavy atom. The molecule has 0 bridgehead atoms. The Labute approximate surface area is 386 Å². The first kappa shape index (κ1) is 60.9. The maximum atomic E-state index is 12.7. The van der Waals surface area contributed by atoms with Crippen LogP contribution >= 0.6 is 7.82 Å². The minimum atomic E-state index is -4.63. The van der Waals surface area contributed by atoms with Crippen molar-refractivity contribution >= 4 is 19.8 Å². The Kier molecular flexibility index (Phi) is 46.3. The first-order valence-electron chi connectivity index (χ1n) is 25.7. The van der Waals surface area contributed by atoms with Gasteiger partial charge in [0.1, 0.15) is 12.1 Å². The highest BCUT2D eigenvalue weighted by molar-refractivity contribution is 7.47. The van der Waals surface area contributed by atoms with Crippen molar-refractivity contribution in [3.8, 4) is 0 Å². The van der Waals surface area contributed by atoms with Crippen molar-refractivity contribution in [1.82, 2.24) is 0 Å². The van der Waals surface area contributed by atoms with Crippen LogP contribution < -0.4 is 5.73 Å². The van der Waals surface area contributed by atoms with Gasteiger partial charge in [-0.25, -0.2) is 4.57 Å². The number of rotatable bonds is 49. The van der Waals surface area contributed by atoms with E-state index in [9.17, 15) is 19.0 Å². The van der Waals surface area contributed by atoms with Crippen LogP contribution in [-0.4, -0.2) is 60.5 Å². The van der Waals surface area contributed by atoms with E-state index >= 15 is 0 Å². The van der Waals surface area contributed by atoms with Crippen molar-refractivity contribution in [1.29, 1.82) is 0 Å². The van der Waals surface area contributed by atoms with Gasteiger partial charge in [-0.1, -0.05) is 197 Å². The molecule has 0 aromatic rings. The van der Waals surface area contributed by atoms with Gasteiger partial charge in [-0.2, -0.15) is 0 Å². The van der Waals surface area contributed by atoms with Gasteiger partial charge in [0.15, 0.2) is 0 Å². The molecule has 0 saturated heterocycles. The van der Waals surface area contributed by atoms with Gasteiger partial charge in [-0.15, -0.1) is 0 Å². The van der Waals surface area contributed by atoms with Crippen molar-refractivity contribution in [2.75, 3.05) is 26.4 Å². The summed E-state index contributed by atoms with van der Waals surface area (Å²) in [7, 11) is -4.63. The number of ether oxygens (including phenoxy) is 2. The van der Waals surface area contributed by atoms with Crippen LogP contribution in [0.2, 0.25) is 0 Å². The summed E-state index contributed by atoms with van der Waals surface area (Å²) >= 11 is 0. The largest absolute Gasteiger partial charge is 0.480 e. The second kappa shape index (κ2) is 47.9. The lowest BCUT2D eigenvalue weighted by molar-refractivity contribution is -0.154. The van der Waals surface area contributed by atoms with Crippen molar-refractivity contribution in [3.63, 3.8) is 0 Å². The third kappa shape index (κ3) is 47.7. The SMILES string of the molecule is CCCCCCC/C=C\C/C=C\C/C=C\CCCCCCCCCCC(=O)OC(COCCCCCCCCCC/C=C\CCCCCCCC)COP(=O)(O)OCC(N)C(=O)O. The second-order valence-electron chi connectivity index (χ2n) is 17.3. The lowest BCUT2D eigenvalue weighted by Crippen LogP contribution is -2.34. The Balaban J connectivity index is 4.16. The van der Waals surface area contributed by atoms with Crippen LogP contribution in [0, 0.1) is 0 Å². The van der Waals surface area contributed by atoms with Gasteiger partial charge in [0.2, 0.25) is 0 Å². The number of unbranched alkanes of at least 4 members (excludes halogenated alkanes) is 27. The monoisotopic (exact) mass is 910 g/mol. The fourth-order valence-corrected chi connectivity index (χ4v) is 7.86. The first-order valence-corrected chi connectivity index (χ1v) is 27.2. The van der Waals surface area contributed by atoms with Crippen molar-refractivity contribution in [2.45, 2.75) is 244 Å². The lowest BCUT2D eigenvalue weighted by atomic mass is 10.1. The molecule has 4 N–H and O–H groups in total. The molecular weight excluding hydrogens is 814 g/mol. The number of hydrogen-bond acceptors (Lipinski definition) is 8.